The Balaban J connectivity index is 3.92. The second kappa shape index (κ2) is 9.60. The summed E-state index contributed by atoms with van der Waals surface area (Å²) >= 11 is 0. The Morgan fingerprint density at radius 3 is 2.31 bits per heavy atom. The molecule has 0 spiro atoms. The van der Waals surface area contributed by atoms with E-state index in [2.05, 4.69) is 11.8 Å². The van der Waals surface area contributed by atoms with Crippen molar-refractivity contribution in [2.24, 2.45) is 0 Å². The number of unbranched alkanes of at least 4 members (excludes halogenated alkanes) is 1. The summed E-state index contributed by atoms with van der Waals surface area (Å²) in [4.78, 5) is 15.9. The van der Waals surface area contributed by atoms with Crippen LogP contribution in [0.4, 0.5) is 0 Å². The summed E-state index contributed by atoms with van der Waals surface area (Å²) in [6, 6.07) is 0. The molecule has 1 N–H and O–H groups in total. The van der Waals surface area contributed by atoms with Gasteiger partial charge in [0.25, 0.3) is 0 Å². The van der Waals surface area contributed by atoms with Gasteiger partial charge in [-0.2, -0.15) is 0 Å². The first-order chi connectivity index (χ1) is 7.61. The number of nitrogens with zero attached hydrogens (tertiary/aromatic N) is 2. The fourth-order valence-electron chi connectivity index (χ4n) is 1.50. The number of hydrogen-bond acceptors (Lipinski definition) is 3. The zero-order chi connectivity index (χ0) is 12.4. The molecular formula is C12H26N2O2. The number of aliphatic hydroxyl groups excluding tert-OH is 1. The molecule has 0 fully saturated rings. The zero-order valence-electron chi connectivity index (χ0n) is 10.9. The lowest BCUT2D eigenvalue weighted by Gasteiger charge is -2.24. The maximum Gasteiger partial charge on any atom is 0.222 e. The SMILES string of the molecule is CCCN(CCN(C)C)C(=O)CCCCO. The third-order valence-electron chi connectivity index (χ3n) is 2.46. The van der Waals surface area contributed by atoms with Gasteiger partial charge in [-0.3, -0.25) is 4.79 Å². The molecule has 0 heterocycles. The highest BCUT2D eigenvalue weighted by Crippen LogP contribution is 2.02. The second-order valence-corrected chi connectivity index (χ2v) is 4.36. The fourth-order valence-corrected chi connectivity index (χ4v) is 1.50. The van der Waals surface area contributed by atoms with E-state index in [1.807, 2.05) is 19.0 Å². The number of carbonyl (C=O) groups is 1. The average Bonchev–Trinajstić information content (AvgIpc) is 2.24. The Morgan fingerprint density at radius 2 is 1.81 bits per heavy atom. The van der Waals surface area contributed by atoms with Crippen LogP contribution in [0.25, 0.3) is 0 Å². The molecule has 96 valence electrons. The Hall–Kier alpha value is -0.610. The normalized spacial score (nSPS) is 10.8. The Kier molecular flexibility index (Phi) is 9.24. The van der Waals surface area contributed by atoms with Gasteiger partial charge in [-0.25, -0.2) is 0 Å². The van der Waals surface area contributed by atoms with E-state index >= 15 is 0 Å². The summed E-state index contributed by atoms with van der Waals surface area (Å²) in [5, 5.41) is 8.67. The van der Waals surface area contributed by atoms with Crippen LogP contribution < -0.4 is 0 Å². The predicted molar refractivity (Wildman–Crippen MR) is 66.4 cm³/mol. The predicted octanol–water partition coefficient (Wildman–Crippen LogP) is 0.949. The average molecular weight is 230 g/mol. The van der Waals surface area contributed by atoms with Crippen molar-refractivity contribution in [1.29, 1.82) is 0 Å². The summed E-state index contributed by atoms with van der Waals surface area (Å²) in [7, 11) is 4.03. The molecule has 0 aliphatic rings. The Bertz CT molecular complexity index is 184. The van der Waals surface area contributed by atoms with Crippen molar-refractivity contribution in [1.82, 2.24) is 9.80 Å². The van der Waals surface area contributed by atoms with E-state index in [-0.39, 0.29) is 12.5 Å². The van der Waals surface area contributed by atoms with Crippen LogP contribution in [0.15, 0.2) is 0 Å². The summed E-state index contributed by atoms with van der Waals surface area (Å²) in [5.41, 5.74) is 0. The van der Waals surface area contributed by atoms with E-state index in [9.17, 15) is 4.79 Å². The van der Waals surface area contributed by atoms with Gasteiger partial charge in [0.05, 0.1) is 0 Å². The minimum absolute atomic E-state index is 0.179. The number of likely N-dealkylation sites (N-methyl/N-ethyl adjacent to an activating group) is 1. The van der Waals surface area contributed by atoms with Crippen molar-refractivity contribution in [3.05, 3.63) is 0 Å². The Labute approximate surface area is 99.2 Å². The van der Waals surface area contributed by atoms with Crippen LogP contribution in [0.5, 0.6) is 0 Å². The van der Waals surface area contributed by atoms with Crippen molar-refractivity contribution in [3.8, 4) is 0 Å². The van der Waals surface area contributed by atoms with Crippen molar-refractivity contribution < 1.29 is 9.90 Å². The van der Waals surface area contributed by atoms with Crippen LogP contribution in [0.3, 0.4) is 0 Å². The summed E-state index contributed by atoms with van der Waals surface area (Å²) < 4.78 is 0. The maximum absolute atomic E-state index is 11.8. The number of rotatable bonds is 9. The lowest BCUT2D eigenvalue weighted by atomic mass is 10.2. The van der Waals surface area contributed by atoms with Crippen LogP contribution in [-0.2, 0) is 4.79 Å². The molecule has 0 aromatic carbocycles. The summed E-state index contributed by atoms with van der Waals surface area (Å²) in [6.07, 6.45) is 3.07. The van der Waals surface area contributed by atoms with Gasteiger partial charge in [-0.1, -0.05) is 6.92 Å². The minimum atomic E-state index is 0.179. The highest BCUT2D eigenvalue weighted by atomic mass is 16.3. The molecule has 0 atom stereocenters. The smallest absolute Gasteiger partial charge is 0.222 e. The number of amides is 1. The topological polar surface area (TPSA) is 43.8 Å². The van der Waals surface area contributed by atoms with Crippen LogP contribution >= 0.6 is 0 Å². The molecule has 16 heavy (non-hydrogen) atoms. The van der Waals surface area contributed by atoms with E-state index < -0.39 is 0 Å². The van der Waals surface area contributed by atoms with E-state index in [1.54, 1.807) is 0 Å². The highest BCUT2D eigenvalue weighted by Gasteiger charge is 2.11. The van der Waals surface area contributed by atoms with Crippen LogP contribution in [0.2, 0.25) is 0 Å². The fraction of sp³-hybridized carbons (Fsp3) is 0.917. The molecule has 0 bridgehead atoms. The van der Waals surface area contributed by atoms with Gasteiger partial charge in [0, 0.05) is 32.7 Å². The molecule has 0 aliphatic heterocycles. The monoisotopic (exact) mass is 230 g/mol. The quantitative estimate of drug-likeness (QED) is 0.600. The first kappa shape index (κ1) is 15.4. The first-order valence-electron chi connectivity index (χ1n) is 6.15. The molecule has 0 aromatic rings. The summed E-state index contributed by atoms with van der Waals surface area (Å²) in [6.45, 7) is 4.82. The largest absolute Gasteiger partial charge is 0.396 e. The number of hydrogen-bond donors (Lipinski definition) is 1. The van der Waals surface area contributed by atoms with Crippen molar-refractivity contribution in [3.63, 3.8) is 0 Å². The lowest BCUT2D eigenvalue weighted by molar-refractivity contribution is -0.131. The van der Waals surface area contributed by atoms with Gasteiger partial charge in [0.15, 0.2) is 0 Å². The number of aliphatic hydroxyl groups is 1. The highest BCUT2D eigenvalue weighted by molar-refractivity contribution is 5.76. The molecule has 0 radical (unpaired) electrons. The zero-order valence-corrected chi connectivity index (χ0v) is 10.9. The van der Waals surface area contributed by atoms with Gasteiger partial charge < -0.3 is 14.9 Å². The van der Waals surface area contributed by atoms with Crippen molar-refractivity contribution in [2.75, 3.05) is 40.3 Å². The molecule has 0 rings (SSSR count). The molecule has 4 heteroatoms. The van der Waals surface area contributed by atoms with Gasteiger partial charge in [-0.15, -0.1) is 0 Å². The van der Waals surface area contributed by atoms with Gasteiger partial charge in [0.2, 0.25) is 5.91 Å². The van der Waals surface area contributed by atoms with Crippen LogP contribution in [0.1, 0.15) is 32.6 Å². The molecule has 4 nitrogen and oxygen atoms in total. The lowest BCUT2D eigenvalue weighted by Crippen LogP contribution is -2.37. The van der Waals surface area contributed by atoms with Crippen molar-refractivity contribution in [2.45, 2.75) is 32.6 Å². The molecule has 1 amide bonds. The van der Waals surface area contributed by atoms with Crippen LogP contribution in [0, 0.1) is 0 Å². The molecule has 0 aliphatic carbocycles. The van der Waals surface area contributed by atoms with E-state index in [4.69, 9.17) is 5.11 Å². The molecule has 0 saturated carbocycles. The van der Waals surface area contributed by atoms with E-state index in [0.717, 1.165) is 38.9 Å². The van der Waals surface area contributed by atoms with E-state index in [0.29, 0.717) is 6.42 Å². The van der Waals surface area contributed by atoms with Crippen molar-refractivity contribution >= 4 is 5.91 Å². The third-order valence-corrected chi connectivity index (χ3v) is 2.46. The number of carbonyl (C=O) groups excluding carboxylic acids is 1. The standard InChI is InChI=1S/C12H26N2O2/c1-4-8-14(10-9-13(2)3)12(16)7-5-6-11-15/h15H,4-11H2,1-3H3. The summed E-state index contributed by atoms with van der Waals surface area (Å²) in [5.74, 6) is 0.220. The Morgan fingerprint density at radius 1 is 1.12 bits per heavy atom. The molecule has 0 aromatic heterocycles. The van der Waals surface area contributed by atoms with E-state index in [1.165, 1.54) is 0 Å². The molecule has 0 saturated heterocycles. The minimum Gasteiger partial charge on any atom is -0.396 e. The third kappa shape index (κ3) is 7.65. The van der Waals surface area contributed by atoms with Gasteiger partial charge in [-0.05, 0) is 33.4 Å². The van der Waals surface area contributed by atoms with Gasteiger partial charge in [0.1, 0.15) is 0 Å². The molecular weight excluding hydrogens is 204 g/mol. The second-order valence-electron chi connectivity index (χ2n) is 4.36. The van der Waals surface area contributed by atoms with Crippen LogP contribution in [-0.4, -0.2) is 61.2 Å². The van der Waals surface area contributed by atoms with Gasteiger partial charge >= 0.3 is 0 Å². The first-order valence-corrected chi connectivity index (χ1v) is 6.15. The molecule has 0 unspecified atom stereocenters. The maximum atomic E-state index is 11.8.